The Labute approximate surface area is 120 Å². The zero-order valence-corrected chi connectivity index (χ0v) is 13.9. The van der Waals surface area contributed by atoms with Crippen molar-refractivity contribution in [2.75, 3.05) is 39.8 Å². The predicted molar refractivity (Wildman–Crippen MR) is 84.6 cm³/mol. The molecule has 3 heteroatoms. The van der Waals surface area contributed by atoms with Crippen LogP contribution in [0.1, 0.15) is 41.0 Å². The molecule has 1 rings (SSSR count). The third-order valence-electron chi connectivity index (χ3n) is 4.28. The van der Waals surface area contributed by atoms with Crippen LogP contribution < -0.4 is 5.32 Å². The number of piperazine rings is 1. The number of likely N-dealkylation sites (N-methyl/N-ethyl adjacent to an activating group) is 1. The van der Waals surface area contributed by atoms with Crippen LogP contribution in [0.15, 0.2) is 0 Å². The molecule has 0 aromatic heterocycles. The highest BCUT2D eigenvalue weighted by atomic mass is 15.3. The molecule has 0 spiro atoms. The summed E-state index contributed by atoms with van der Waals surface area (Å²) in [6.45, 7) is 17.7. The zero-order chi connectivity index (χ0) is 14.4. The topological polar surface area (TPSA) is 18.5 Å². The Morgan fingerprint density at radius 3 is 2.00 bits per heavy atom. The lowest BCUT2D eigenvalue weighted by molar-refractivity contribution is 0.0859. The Kier molecular flexibility index (Phi) is 7.33. The van der Waals surface area contributed by atoms with Gasteiger partial charge < -0.3 is 10.2 Å². The first kappa shape index (κ1) is 16.9. The zero-order valence-electron chi connectivity index (χ0n) is 13.9. The molecule has 1 fully saturated rings. The van der Waals surface area contributed by atoms with Crippen molar-refractivity contribution in [2.45, 2.75) is 53.1 Å². The van der Waals surface area contributed by atoms with E-state index in [9.17, 15) is 0 Å². The average molecular weight is 269 g/mol. The molecule has 1 heterocycles. The van der Waals surface area contributed by atoms with Crippen LogP contribution in [0.25, 0.3) is 0 Å². The predicted octanol–water partition coefficient (Wildman–Crippen LogP) is 2.28. The molecule has 1 aliphatic heterocycles. The Balaban J connectivity index is 2.40. The second kappa shape index (κ2) is 8.23. The first-order chi connectivity index (χ1) is 8.90. The van der Waals surface area contributed by atoms with E-state index in [1.807, 2.05) is 0 Å². The van der Waals surface area contributed by atoms with E-state index in [1.165, 1.54) is 32.6 Å². The smallest absolute Gasteiger partial charge is 0.0244 e. The second-order valence-electron chi connectivity index (χ2n) is 7.09. The summed E-state index contributed by atoms with van der Waals surface area (Å²) in [6, 6.07) is 1.32. The molecule has 2 atom stereocenters. The standard InChI is InChI=1S/C16H35N3/c1-13(2)11-15(5)17-12-16(14(3)4)19-9-7-18(6)8-10-19/h13-17H,7-12H2,1-6H3. The largest absolute Gasteiger partial charge is 0.313 e. The third kappa shape index (κ3) is 6.24. The molecule has 1 N–H and O–H groups in total. The summed E-state index contributed by atoms with van der Waals surface area (Å²) >= 11 is 0. The van der Waals surface area contributed by atoms with Gasteiger partial charge in [-0.1, -0.05) is 27.7 Å². The molecular formula is C16H35N3. The van der Waals surface area contributed by atoms with Gasteiger partial charge in [-0.3, -0.25) is 4.90 Å². The van der Waals surface area contributed by atoms with E-state index in [2.05, 4.69) is 56.8 Å². The first-order valence-electron chi connectivity index (χ1n) is 8.06. The summed E-state index contributed by atoms with van der Waals surface area (Å²) in [4.78, 5) is 5.11. The summed E-state index contributed by atoms with van der Waals surface area (Å²) in [5.74, 6) is 1.51. The number of rotatable bonds is 7. The summed E-state index contributed by atoms with van der Waals surface area (Å²) in [7, 11) is 2.23. The van der Waals surface area contributed by atoms with Gasteiger partial charge >= 0.3 is 0 Å². The average Bonchev–Trinajstić information content (AvgIpc) is 2.30. The van der Waals surface area contributed by atoms with E-state index in [-0.39, 0.29) is 0 Å². The molecule has 0 aromatic carbocycles. The van der Waals surface area contributed by atoms with Crippen molar-refractivity contribution in [3.05, 3.63) is 0 Å². The molecule has 0 bridgehead atoms. The molecular weight excluding hydrogens is 234 g/mol. The van der Waals surface area contributed by atoms with Crippen molar-refractivity contribution in [1.29, 1.82) is 0 Å². The number of hydrogen-bond acceptors (Lipinski definition) is 3. The summed E-state index contributed by atoms with van der Waals surface area (Å²) in [5, 5.41) is 3.75. The fourth-order valence-corrected chi connectivity index (χ4v) is 3.05. The Hall–Kier alpha value is -0.120. The Bertz CT molecular complexity index is 232. The highest BCUT2D eigenvalue weighted by molar-refractivity contribution is 4.82. The van der Waals surface area contributed by atoms with Gasteiger partial charge in [0.05, 0.1) is 0 Å². The maximum absolute atomic E-state index is 3.75. The fourth-order valence-electron chi connectivity index (χ4n) is 3.05. The van der Waals surface area contributed by atoms with Gasteiger partial charge in [-0.25, -0.2) is 0 Å². The second-order valence-corrected chi connectivity index (χ2v) is 7.09. The Morgan fingerprint density at radius 2 is 1.53 bits per heavy atom. The molecule has 19 heavy (non-hydrogen) atoms. The van der Waals surface area contributed by atoms with Crippen LogP contribution >= 0.6 is 0 Å². The normalized spacial score (nSPS) is 22.1. The molecule has 1 aliphatic rings. The highest BCUT2D eigenvalue weighted by Gasteiger charge is 2.25. The first-order valence-corrected chi connectivity index (χ1v) is 8.06. The van der Waals surface area contributed by atoms with Crippen LogP contribution in [0.2, 0.25) is 0 Å². The molecule has 0 saturated carbocycles. The van der Waals surface area contributed by atoms with Crippen LogP contribution in [-0.4, -0.2) is 61.7 Å². The van der Waals surface area contributed by atoms with Crippen LogP contribution in [0.5, 0.6) is 0 Å². The van der Waals surface area contributed by atoms with E-state index in [1.54, 1.807) is 0 Å². The lowest BCUT2D eigenvalue weighted by Crippen LogP contribution is -2.54. The molecule has 0 aliphatic carbocycles. The van der Waals surface area contributed by atoms with Crippen LogP contribution in [0.4, 0.5) is 0 Å². The van der Waals surface area contributed by atoms with E-state index in [0.717, 1.165) is 18.4 Å². The molecule has 0 amide bonds. The molecule has 3 nitrogen and oxygen atoms in total. The van der Waals surface area contributed by atoms with Crippen LogP contribution in [-0.2, 0) is 0 Å². The monoisotopic (exact) mass is 269 g/mol. The summed E-state index contributed by atoms with van der Waals surface area (Å²) in [6.07, 6.45) is 1.27. The van der Waals surface area contributed by atoms with Gasteiger partial charge in [-0.05, 0) is 32.2 Å². The van der Waals surface area contributed by atoms with Gasteiger partial charge in [0.1, 0.15) is 0 Å². The van der Waals surface area contributed by atoms with Crippen molar-refractivity contribution in [3.8, 4) is 0 Å². The van der Waals surface area contributed by atoms with Gasteiger partial charge in [0, 0.05) is 44.8 Å². The molecule has 114 valence electrons. The van der Waals surface area contributed by atoms with Crippen molar-refractivity contribution in [3.63, 3.8) is 0 Å². The number of hydrogen-bond donors (Lipinski definition) is 1. The maximum atomic E-state index is 3.75. The van der Waals surface area contributed by atoms with E-state index >= 15 is 0 Å². The summed E-state index contributed by atoms with van der Waals surface area (Å²) in [5.41, 5.74) is 0. The van der Waals surface area contributed by atoms with Crippen LogP contribution in [0, 0.1) is 11.8 Å². The fraction of sp³-hybridized carbons (Fsp3) is 1.00. The number of nitrogens with zero attached hydrogens (tertiary/aromatic N) is 2. The molecule has 1 saturated heterocycles. The van der Waals surface area contributed by atoms with Gasteiger partial charge in [0.15, 0.2) is 0 Å². The van der Waals surface area contributed by atoms with Crippen LogP contribution in [0.3, 0.4) is 0 Å². The van der Waals surface area contributed by atoms with Crippen molar-refractivity contribution >= 4 is 0 Å². The minimum absolute atomic E-state index is 0.633. The van der Waals surface area contributed by atoms with Crippen molar-refractivity contribution in [2.24, 2.45) is 11.8 Å². The van der Waals surface area contributed by atoms with Gasteiger partial charge in [-0.2, -0.15) is 0 Å². The van der Waals surface area contributed by atoms with Crippen molar-refractivity contribution < 1.29 is 0 Å². The Morgan fingerprint density at radius 1 is 0.947 bits per heavy atom. The molecule has 0 aromatic rings. The maximum Gasteiger partial charge on any atom is 0.0244 e. The minimum atomic E-state index is 0.633. The van der Waals surface area contributed by atoms with E-state index < -0.39 is 0 Å². The quantitative estimate of drug-likeness (QED) is 0.765. The summed E-state index contributed by atoms with van der Waals surface area (Å²) < 4.78 is 0. The van der Waals surface area contributed by atoms with Gasteiger partial charge in [0.25, 0.3) is 0 Å². The lowest BCUT2D eigenvalue weighted by atomic mass is 10.00. The van der Waals surface area contributed by atoms with Gasteiger partial charge in [0.2, 0.25) is 0 Å². The highest BCUT2D eigenvalue weighted by Crippen LogP contribution is 2.13. The van der Waals surface area contributed by atoms with Crippen molar-refractivity contribution in [1.82, 2.24) is 15.1 Å². The van der Waals surface area contributed by atoms with E-state index in [0.29, 0.717) is 12.1 Å². The molecule has 2 unspecified atom stereocenters. The van der Waals surface area contributed by atoms with E-state index in [4.69, 9.17) is 0 Å². The number of nitrogens with one attached hydrogen (secondary N) is 1. The van der Waals surface area contributed by atoms with Gasteiger partial charge in [-0.15, -0.1) is 0 Å². The lowest BCUT2D eigenvalue weighted by Gasteiger charge is -2.40. The minimum Gasteiger partial charge on any atom is -0.313 e. The SMILES string of the molecule is CC(C)CC(C)NCC(C(C)C)N1CCN(C)CC1. The molecule has 0 radical (unpaired) electrons. The third-order valence-corrected chi connectivity index (χ3v) is 4.28.